The topological polar surface area (TPSA) is 408 Å². The highest BCUT2D eigenvalue weighted by atomic mass is 127. The van der Waals surface area contributed by atoms with E-state index in [-0.39, 0.29) is 144 Å². The maximum Gasteiger partial charge on any atom is 0.124 e. The molecule has 13 aromatic carbocycles. The summed E-state index contributed by atoms with van der Waals surface area (Å²) in [6.07, 6.45) is 1.49. The minimum Gasteiger partial charge on any atom is -0.507 e. The van der Waals surface area contributed by atoms with Gasteiger partial charge in [0.05, 0.1) is 0 Å². The van der Waals surface area contributed by atoms with Gasteiger partial charge >= 0.3 is 0 Å². The number of nitrogens with one attached hydrogen (secondary N) is 3. The quantitative estimate of drug-likeness (QED) is 0.0209. The average Bonchev–Trinajstić information content (AvgIpc) is 0.747. The summed E-state index contributed by atoms with van der Waals surface area (Å²) in [5, 5.41) is 88.1. The Morgan fingerprint density at radius 3 is 0.855 bits per heavy atom. The third-order valence-corrected chi connectivity index (χ3v) is 33.8. The maximum absolute atomic E-state index is 16.6. The first-order valence-corrected chi connectivity index (χ1v) is 46.9. The minimum absolute atomic E-state index is 0. The molecule has 22 heteroatoms. The Morgan fingerprint density at radius 2 is 0.548 bits per heavy atom. The summed E-state index contributed by atoms with van der Waals surface area (Å²) in [5.41, 5.74) is 21.4. The van der Waals surface area contributed by atoms with Crippen molar-refractivity contribution < 1.29 is 60.8 Å². The number of halogens is 1. The molecule has 0 aromatic heterocycles. The van der Waals surface area contributed by atoms with E-state index in [9.17, 15) is 30.6 Å². The van der Waals surface area contributed by atoms with E-state index in [1.165, 1.54) is 0 Å². The Bertz CT molecular complexity index is 6280. The third-order valence-electron chi connectivity index (χ3n) is 24.9. The van der Waals surface area contributed by atoms with Gasteiger partial charge in [-0.15, -0.1) is 24.0 Å². The van der Waals surface area contributed by atoms with Crippen molar-refractivity contribution in [3.63, 3.8) is 0 Å². The van der Waals surface area contributed by atoms with Crippen LogP contribution in [0.4, 0.5) is 17.1 Å². The standard InChI is InChI=1S/C102H102N3O9P3.HI.3H3N.3H2O/c1-11-103-83-52-84(104-12-2)54-85(53-83)105-55-75-48-82(51-78(100(75)111)61-117(114)58-70-27-15-18-30-88(70)91-33-21-24-36-94(91)117)101(7,8)79-44-71(41-66-37-62(3)95(106)63(4)38-66)97(108)73(46-79)43-74-47-81(50-77(99(74)110)60-116(113)57-69-26-14-17-29-87(69)90-32-20-23-35-93(90)116)102(9,10)80-45-72(42-67-39-64(5)96(107)65(6)40-67)98(109)76(49-80)59-115(112)56-68-25-13-16-28-86(68)89-31-19-22-34-92(89)115;;;;;;;/h13-40,44-54,103-111H,11-12,41-43,55-61H2,1-10H3;1H;3*1H3;3*1H2. The van der Waals surface area contributed by atoms with Gasteiger partial charge in [-0.05, 0) is 194 Å². The Labute approximate surface area is 745 Å². The van der Waals surface area contributed by atoms with Crippen molar-refractivity contribution in [2.75, 3.05) is 29.0 Å². The summed E-state index contributed by atoms with van der Waals surface area (Å²) in [6, 6.07) is 78.2. The molecule has 0 amide bonds. The monoisotopic (exact) mass is 1840 g/mol. The fourth-order valence-electron chi connectivity index (χ4n) is 18.6. The van der Waals surface area contributed by atoms with E-state index in [1.807, 2.05) is 222 Å². The third kappa shape index (κ3) is 18.5. The number of hydrogen-bond donors (Lipinski definition) is 12. The molecule has 0 fully saturated rings. The Hall–Kier alpha value is -10.8. The van der Waals surface area contributed by atoms with Crippen molar-refractivity contribution in [3.8, 4) is 67.9 Å². The van der Waals surface area contributed by atoms with Crippen molar-refractivity contribution in [2.45, 2.75) is 143 Å². The molecule has 0 bridgehead atoms. The molecule has 3 unspecified atom stereocenters. The number of benzene rings is 13. The molecule has 0 saturated carbocycles. The highest BCUT2D eigenvalue weighted by molar-refractivity contribution is 14.0. The SMILES string of the molecule is CCNc1cc(NCC)cc(NCc2cc(C(C)(C)c3cc(Cc4cc(C)c(O)c(C)c4)c(O)c(Cc4cc(C(C)(C)c5cc(Cc6cc(C)c(O)c(C)c6)c(O)c(CP6(=O)Cc7ccccc7-c7ccccc76)c5)cc(CP5(=O)Cc6ccccc6-c6ccccc65)c4O)c3)cc(CP3(=O)Cc4ccccc4-c4ccccc43)c2O)c1.I.N.N.N.O.O.O. The second kappa shape index (κ2) is 38.4. The summed E-state index contributed by atoms with van der Waals surface area (Å²) >= 11 is 0. The molecule has 3 aliphatic heterocycles. The molecular formula is C102H118IN6O12P3. The van der Waals surface area contributed by atoms with Gasteiger partial charge in [0.15, 0.2) is 0 Å². The smallest absolute Gasteiger partial charge is 0.124 e. The zero-order valence-electron chi connectivity index (χ0n) is 72.3. The molecule has 16 rings (SSSR count). The summed E-state index contributed by atoms with van der Waals surface area (Å²) in [4.78, 5) is 0. The van der Waals surface area contributed by atoms with Crippen LogP contribution in [0.5, 0.6) is 34.5 Å². The second-order valence-corrected chi connectivity index (χ2v) is 42.5. The van der Waals surface area contributed by atoms with Crippen LogP contribution in [0.15, 0.2) is 237 Å². The summed E-state index contributed by atoms with van der Waals surface area (Å²) in [7, 11) is -10.1. The first-order valence-electron chi connectivity index (χ1n) is 40.7. The maximum atomic E-state index is 16.6. The van der Waals surface area contributed by atoms with Crippen LogP contribution in [0.25, 0.3) is 33.4 Å². The molecule has 3 heterocycles. The molecule has 0 spiro atoms. The van der Waals surface area contributed by atoms with Crippen LogP contribution >= 0.6 is 45.4 Å². The molecule has 124 heavy (non-hydrogen) atoms. The summed E-state index contributed by atoms with van der Waals surface area (Å²) in [5.74, 6) is 0.418. The van der Waals surface area contributed by atoms with Crippen molar-refractivity contribution in [1.82, 2.24) is 18.5 Å². The van der Waals surface area contributed by atoms with E-state index >= 15 is 13.7 Å². The van der Waals surface area contributed by atoms with Crippen LogP contribution in [0.1, 0.15) is 158 Å². The highest BCUT2D eigenvalue weighted by Gasteiger charge is 2.41. The zero-order chi connectivity index (χ0) is 82.2. The van der Waals surface area contributed by atoms with E-state index in [0.717, 1.165) is 116 Å². The first-order chi connectivity index (χ1) is 56.0. The molecule has 13 aromatic rings. The predicted molar refractivity (Wildman–Crippen MR) is 523 cm³/mol. The van der Waals surface area contributed by atoms with Gasteiger partial charge in [-0.3, -0.25) is 0 Å². The molecule has 24 N–H and O–H groups in total. The molecule has 18 nitrogen and oxygen atoms in total. The fourth-order valence-corrected chi connectivity index (χ4v) is 27.8. The average molecular weight is 1840 g/mol. The van der Waals surface area contributed by atoms with Gasteiger partial charge < -0.3 is 95.2 Å². The number of phenolic OH excluding ortho intramolecular Hbond substituents is 6. The largest absolute Gasteiger partial charge is 0.507 e. The van der Waals surface area contributed by atoms with Crippen LogP contribution < -0.4 is 50.3 Å². The molecule has 0 saturated heterocycles. The van der Waals surface area contributed by atoms with Gasteiger partial charge in [0, 0.05) is 142 Å². The van der Waals surface area contributed by atoms with Gasteiger partial charge in [0.1, 0.15) is 55.9 Å². The van der Waals surface area contributed by atoms with E-state index in [0.29, 0.717) is 92.2 Å². The highest BCUT2D eigenvalue weighted by Crippen LogP contribution is 2.62. The van der Waals surface area contributed by atoms with E-state index in [2.05, 4.69) is 100.0 Å². The van der Waals surface area contributed by atoms with Crippen LogP contribution in [0.2, 0.25) is 0 Å². The van der Waals surface area contributed by atoms with Crippen molar-refractivity contribution >= 4 is 78.4 Å². The Morgan fingerprint density at radius 1 is 0.306 bits per heavy atom. The van der Waals surface area contributed by atoms with E-state index in [1.54, 1.807) is 0 Å². The number of rotatable bonds is 23. The molecule has 0 aliphatic carbocycles. The number of anilines is 3. The lowest BCUT2D eigenvalue weighted by Gasteiger charge is -2.32. The van der Waals surface area contributed by atoms with Crippen molar-refractivity contribution in [1.29, 1.82) is 0 Å². The van der Waals surface area contributed by atoms with Crippen LogP contribution in [-0.4, -0.2) is 60.2 Å². The number of phenols is 6. The number of fused-ring (bicyclic) bond motifs is 9. The van der Waals surface area contributed by atoms with Gasteiger partial charge in [-0.2, -0.15) is 0 Å². The zero-order valence-corrected chi connectivity index (χ0v) is 77.3. The summed E-state index contributed by atoms with van der Waals surface area (Å²) in [6.45, 7) is 21.7. The Kier molecular flexibility index (Phi) is 30.0. The van der Waals surface area contributed by atoms with Gasteiger partial charge in [-0.25, -0.2) is 0 Å². The van der Waals surface area contributed by atoms with Crippen molar-refractivity contribution in [3.05, 3.63) is 353 Å². The van der Waals surface area contributed by atoms with E-state index < -0.39 is 32.3 Å². The minimum atomic E-state index is -3.46. The van der Waals surface area contributed by atoms with Gasteiger partial charge in [-0.1, -0.05) is 240 Å². The lowest BCUT2D eigenvalue weighted by molar-refractivity contribution is 0.455. The van der Waals surface area contributed by atoms with Crippen molar-refractivity contribution in [2.24, 2.45) is 0 Å². The molecule has 650 valence electrons. The Balaban J connectivity index is 0.00000249. The van der Waals surface area contributed by atoms with Crippen LogP contribution in [-0.2, 0) is 87.3 Å². The molecule has 0 radical (unpaired) electrons. The molecule has 3 aliphatic rings. The number of hydrogen-bond acceptors (Lipinski definition) is 15. The van der Waals surface area contributed by atoms with Gasteiger partial charge in [0.2, 0.25) is 0 Å². The second-order valence-electron chi connectivity index (χ2n) is 33.9. The van der Waals surface area contributed by atoms with Gasteiger partial charge in [0.25, 0.3) is 0 Å². The van der Waals surface area contributed by atoms with E-state index in [4.69, 9.17) is 0 Å². The number of aromatic hydroxyl groups is 6. The van der Waals surface area contributed by atoms with Crippen LogP contribution in [0, 0.1) is 27.7 Å². The summed E-state index contributed by atoms with van der Waals surface area (Å²) < 4.78 is 49.2. The lowest BCUT2D eigenvalue weighted by atomic mass is 9.74. The number of aryl methyl sites for hydroxylation is 4. The fraction of sp³-hybridized carbons (Fsp3) is 0.235. The van der Waals surface area contributed by atoms with Crippen LogP contribution in [0.3, 0.4) is 0 Å². The normalized spacial score (nSPS) is 15.6. The first kappa shape index (κ1) is 97.1. The molecular weight excluding hydrogens is 1720 g/mol. The predicted octanol–water partition coefficient (Wildman–Crippen LogP) is 21.8. The molecule has 3 atom stereocenters. The lowest BCUT2D eigenvalue weighted by Crippen LogP contribution is -2.22.